The van der Waals surface area contributed by atoms with Crippen molar-refractivity contribution in [1.29, 1.82) is 0 Å². The molecule has 0 aromatic rings. The van der Waals surface area contributed by atoms with Crippen LogP contribution in [0.3, 0.4) is 0 Å². The van der Waals surface area contributed by atoms with Gasteiger partial charge in [-0.2, -0.15) is 0 Å². The van der Waals surface area contributed by atoms with Gasteiger partial charge in [0.1, 0.15) is 0 Å². The Morgan fingerprint density at radius 1 is 0.476 bits per heavy atom. The number of halogens is 2. The Labute approximate surface area is 151 Å². The molecule has 0 N–H and O–H groups in total. The van der Waals surface area contributed by atoms with Crippen LogP contribution in [0.25, 0.3) is 0 Å². The van der Waals surface area contributed by atoms with Crippen LogP contribution in [0, 0.1) is 0 Å². The molecule has 0 aromatic carbocycles. The Morgan fingerprint density at radius 2 is 0.571 bits per heavy atom. The van der Waals surface area contributed by atoms with Crippen LogP contribution in [0.15, 0.2) is 0 Å². The van der Waals surface area contributed by atoms with Crippen LogP contribution in [0.2, 0.25) is 0 Å². The van der Waals surface area contributed by atoms with Crippen LogP contribution in [0.4, 0.5) is 0 Å². The molecule has 0 aliphatic carbocycles. The average Bonchev–Trinajstić information content (AvgIpc) is 2.54. The summed E-state index contributed by atoms with van der Waals surface area (Å²) in [6.45, 7) is 28.4. The first kappa shape index (κ1) is 27.0. The van der Waals surface area contributed by atoms with E-state index in [-0.39, 0.29) is 15.9 Å². The molecular weight excluding hydrogens is 398 g/mol. The SMILES string of the molecule is CC[N+](CC)(CC)CC.CC[N+](CC)(CC)CC.[Cl][Pd][Cl]. The van der Waals surface area contributed by atoms with Crippen molar-refractivity contribution in [1.82, 2.24) is 0 Å². The maximum absolute atomic E-state index is 4.81. The Morgan fingerprint density at radius 3 is 0.571 bits per heavy atom. The number of rotatable bonds is 8. The molecule has 0 rings (SSSR count). The van der Waals surface area contributed by atoms with Gasteiger partial charge in [-0.3, -0.25) is 0 Å². The molecule has 0 aromatic heterocycles. The molecule has 5 heteroatoms. The van der Waals surface area contributed by atoms with E-state index in [1.165, 1.54) is 61.3 Å². The summed E-state index contributed by atoms with van der Waals surface area (Å²) in [4.78, 5) is 0. The summed E-state index contributed by atoms with van der Waals surface area (Å²) in [7, 11) is 9.63. The average molecular weight is 438 g/mol. The van der Waals surface area contributed by atoms with Crippen LogP contribution < -0.4 is 0 Å². The summed E-state index contributed by atoms with van der Waals surface area (Å²) in [5.41, 5.74) is 0. The van der Waals surface area contributed by atoms with Crippen molar-refractivity contribution in [2.24, 2.45) is 0 Å². The summed E-state index contributed by atoms with van der Waals surface area (Å²) in [6, 6.07) is 0. The second-order valence-electron chi connectivity index (χ2n) is 5.26. The van der Waals surface area contributed by atoms with Gasteiger partial charge in [-0.25, -0.2) is 0 Å². The fourth-order valence-electron chi connectivity index (χ4n) is 2.68. The topological polar surface area (TPSA) is 0 Å². The summed E-state index contributed by atoms with van der Waals surface area (Å²) < 4.78 is 2.56. The molecule has 0 aliphatic heterocycles. The van der Waals surface area contributed by atoms with Gasteiger partial charge in [0.15, 0.2) is 0 Å². The monoisotopic (exact) mass is 436 g/mol. The summed E-state index contributed by atoms with van der Waals surface area (Å²) in [5.74, 6) is 0. The third kappa shape index (κ3) is 12.3. The molecule has 0 bridgehead atoms. The van der Waals surface area contributed by atoms with E-state index in [4.69, 9.17) is 19.1 Å². The minimum atomic E-state index is -0.106. The van der Waals surface area contributed by atoms with E-state index in [2.05, 4.69) is 55.4 Å². The van der Waals surface area contributed by atoms with Gasteiger partial charge in [0.2, 0.25) is 0 Å². The molecule has 0 aliphatic rings. The van der Waals surface area contributed by atoms with Crippen LogP contribution >= 0.6 is 19.1 Å². The number of hydrogen-bond acceptors (Lipinski definition) is 0. The Bertz CT molecular complexity index is 142. The molecule has 0 spiro atoms. The normalized spacial score (nSPS) is 11.3. The van der Waals surface area contributed by atoms with Crippen molar-refractivity contribution < 1.29 is 24.9 Å². The summed E-state index contributed by atoms with van der Waals surface area (Å²) in [5, 5.41) is 0. The second kappa shape index (κ2) is 17.5. The third-order valence-corrected chi connectivity index (χ3v) is 5.37. The minimum absolute atomic E-state index is 0.106. The Hall–Kier alpha value is 1.16. The van der Waals surface area contributed by atoms with Crippen LogP contribution in [0.5, 0.6) is 0 Å². The molecular formula is C16H40Cl2N2Pd+2. The zero-order valence-corrected chi connectivity index (χ0v) is 18.7. The molecule has 0 fully saturated rings. The van der Waals surface area contributed by atoms with E-state index in [9.17, 15) is 0 Å². The standard InChI is InChI=1S/2C8H20N.2ClH.Pd/c2*1-5-9(6-2,7-3)8-4;;;/h2*5-8H2,1-4H3;2*1H;/q2*+1;;;+2/p-2. The van der Waals surface area contributed by atoms with Crippen molar-refractivity contribution >= 4 is 19.1 Å². The quantitative estimate of drug-likeness (QED) is 0.364. The van der Waals surface area contributed by atoms with Gasteiger partial charge in [-0.1, -0.05) is 0 Å². The predicted octanol–water partition coefficient (Wildman–Crippen LogP) is 5.14. The molecule has 21 heavy (non-hydrogen) atoms. The Balaban J connectivity index is -0.000000260. The summed E-state index contributed by atoms with van der Waals surface area (Å²) in [6.07, 6.45) is 0. The van der Waals surface area contributed by atoms with Crippen molar-refractivity contribution in [3.8, 4) is 0 Å². The van der Waals surface area contributed by atoms with Crippen molar-refractivity contribution in [3.63, 3.8) is 0 Å². The van der Waals surface area contributed by atoms with Crippen molar-refractivity contribution in [2.75, 3.05) is 52.4 Å². The molecule has 2 nitrogen and oxygen atoms in total. The van der Waals surface area contributed by atoms with E-state index in [0.29, 0.717) is 0 Å². The van der Waals surface area contributed by atoms with Crippen LogP contribution in [-0.4, -0.2) is 61.3 Å². The first-order valence-corrected chi connectivity index (χ1v) is 12.4. The zero-order chi connectivity index (χ0) is 17.4. The van der Waals surface area contributed by atoms with Gasteiger partial charge < -0.3 is 8.97 Å². The molecule has 0 radical (unpaired) electrons. The number of quaternary nitrogens is 2. The first-order chi connectivity index (χ1) is 9.90. The maximum atomic E-state index is 4.81. The number of hydrogen-bond donors (Lipinski definition) is 0. The molecule has 136 valence electrons. The second-order valence-corrected chi connectivity index (χ2v) is 7.62. The van der Waals surface area contributed by atoms with Gasteiger partial charge in [0.05, 0.1) is 52.4 Å². The van der Waals surface area contributed by atoms with Crippen molar-refractivity contribution in [2.45, 2.75) is 55.4 Å². The molecule has 0 saturated heterocycles. The van der Waals surface area contributed by atoms with Gasteiger partial charge in [-0.15, -0.1) is 0 Å². The van der Waals surface area contributed by atoms with Crippen LogP contribution in [-0.2, 0) is 15.9 Å². The van der Waals surface area contributed by atoms with Crippen LogP contribution in [0.1, 0.15) is 55.4 Å². The molecule has 0 unspecified atom stereocenters. The van der Waals surface area contributed by atoms with Gasteiger partial charge >= 0.3 is 35.0 Å². The van der Waals surface area contributed by atoms with E-state index < -0.39 is 0 Å². The van der Waals surface area contributed by atoms with E-state index in [1.807, 2.05) is 0 Å². The third-order valence-electron chi connectivity index (χ3n) is 5.37. The zero-order valence-electron chi connectivity index (χ0n) is 15.6. The fourth-order valence-corrected chi connectivity index (χ4v) is 2.68. The van der Waals surface area contributed by atoms with E-state index in [1.54, 1.807) is 0 Å². The molecule has 0 amide bonds. The molecule has 0 saturated carbocycles. The molecule has 0 atom stereocenters. The fraction of sp³-hybridized carbons (Fsp3) is 1.00. The number of nitrogens with zero attached hydrogens (tertiary/aromatic N) is 2. The van der Waals surface area contributed by atoms with E-state index in [0.717, 1.165) is 0 Å². The van der Waals surface area contributed by atoms with Gasteiger partial charge in [0, 0.05) is 0 Å². The van der Waals surface area contributed by atoms with Gasteiger partial charge in [0.25, 0.3) is 0 Å². The molecule has 0 heterocycles. The summed E-state index contributed by atoms with van der Waals surface area (Å²) >= 11 is -0.106. The van der Waals surface area contributed by atoms with E-state index >= 15 is 0 Å². The van der Waals surface area contributed by atoms with Gasteiger partial charge in [-0.05, 0) is 55.4 Å². The van der Waals surface area contributed by atoms with Crippen molar-refractivity contribution in [3.05, 3.63) is 0 Å². The Kier molecular flexibility index (Phi) is 22.5. The predicted molar refractivity (Wildman–Crippen MR) is 96.6 cm³/mol. The first-order valence-electron chi connectivity index (χ1n) is 8.43.